The van der Waals surface area contributed by atoms with Crippen LogP contribution in [0, 0.1) is 6.92 Å². The fraction of sp³-hybridized carbons (Fsp3) is 0.361. The van der Waals surface area contributed by atoms with Crippen LogP contribution < -0.4 is 20.5 Å². The van der Waals surface area contributed by atoms with Gasteiger partial charge in [-0.3, -0.25) is 14.4 Å². The second kappa shape index (κ2) is 13.3. The average Bonchev–Trinajstić information content (AvgIpc) is 3.79. The summed E-state index contributed by atoms with van der Waals surface area (Å²) >= 11 is 6.34. The van der Waals surface area contributed by atoms with Gasteiger partial charge in [-0.1, -0.05) is 18.5 Å². The van der Waals surface area contributed by atoms with Gasteiger partial charge in [0.2, 0.25) is 11.7 Å². The standard InChI is InChI=1S/C36H33ClF3N9O5/c1-3-25-30(46-9-11-47(12-10-46)33(52)29-31(51)18(2)41-17-42-29)34(53)49-35(44-32(45-49)20-4-7-26-19(14-20)8-13-54-26)48(25)16-27(50)43-28-22-6-5-21(22)23(15-24(28)37)36(38,39)40/h4,7,14-15,17,51H,3,5-6,8-13,16H2,1-2H3,(H,43,50). The maximum atomic E-state index is 14.4. The second-order valence-electron chi connectivity index (χ2n) is 13.3. The number of nitrogens with zero attached hydrogens (tertiary/aromatic N) is 8. The van der Waals surface area contributed by atoms with E-state index in [-0.39, 0.29) is 96.3 Å². The van der Waals surface area contributed by atoms with E-state index in [1.807, 2.05) is 24.0 Å². The highest BCUT2D eigenvalue weighted by Gasteiger charge is 2.39. The molecule has 3 aliphatic rings. The number of halogens is 4. The third-order valence-corrected chi connectivity index (χ3v) is 10.5. The molecule has 5 heterocycles. The number of hydrogen-bond donors (Lipinski definition) is 2. The first-order valence-electron chi connectivity index (χ1n) is 17.4. The fourth-order valence-electron chi connectivity index (χ4n) is 7.37. The Hall–Kier alpha value is -5.71. The minimum Gasteiger partial charge on any atom is -0.504 e. The van der Waals surface area contributed by atoms with E-state index >= 15 is 0 Å². The van der Waals surface area contributed by atoms with Crippen LogP contribution in [0.4, 0.5) is 24.5 Å². The lowest BCUT2D eigenvalue weighted by Gasteiger charge is -2.36. The maximum absolute atomic E-state index is 14.4. The molecule has 0 bridgehead atoms. The number of aryl methyl sites for hydroxylation is 1. The Kier molecular flexibility index (Phi) is 8.70. The van der Waals surface area contributed by atoms with Gasteiger partial charge >= 0.3 is 6.18 Å². The van der Waals surface area contributed by atoms with Crippen LogP contribution in [-0.4, -0.2) is 83.7 Å². The molecule has 5 aromatic rings. The highest BCUT2D eigenvalue weighted by molar-refractivity contribution is 6.34. The number of aromatic nitrogens is 6. The van der Waals surface area contributed by atoms with Crippen molar-refractivity contribution in [3.63, 3.8) is 0 Å². The van der Waals surface area contributed by atoms with Gasteiger partial charge in [0.25, 0.3) is 11.5 Å². The summed E-state index contributed by atoms with van der Waals surface area (Å²) in [6.07, 6.45) is -1.85. The van der Waals surface area contributed by atoms with Crippen molar-refractivity contribution >= 4 is 40.6 Å². The number of piperazine rings is 1. The molecule has 280 valence electrons. The number of ether oxygens (including phenoxy) is 1. The Morgan fingerprint density at radius 3 is 2.52 bits per heavy atom. The molecule has 0 atom stereocenters. The molecule has 0 saturated carbocycles. The van der Waals surface area contributed by atoms with Crippen LogP contribution in [0.15, 0.2) is 35.4 Å². The summed E-state index contributed by atoms with van der Waals surface area (Å²) in [6, 6.07) is 6.35. The molecular formula is C36H33ClF3N9O5. The van der Waals surface area contributed by atoms with Crippen molar-refractivity contribution in [2.24, 2.45) is 0 Å². The van der Waals surface area contributed by atoms with Crippen LogP contribution in [0.3, 0.4) is 0 Å². The number of carbonyl (C=O) groups is 2. The number of hydrogen-bond acceptors (Lipinski definition) is 10. The van der Waals surface area contributed by atoms with Gasteiger partial charge in [-0.2, -0.15) is 22.7 Å². The summed E-state index contributed by atoms with van der Waals surface area (Å²) in [7, 11) is 0. The number of anilines is 2. The Bertz CT molecular complexity index is 2440. The van der Waals surface area contributed by atoms with Crippen molar-refractivity contribution in [3.05, 3.63) is 85.3 Å². The Labute approximate surface area is 310 Å². The van der Waals surface area contributed by atoms with Crippen LogP contribution in [0.1, 0.15) is 51.1 Å². The lowest BCUT2D eigenvalue weighted by molar-refractivity contribution is -0.138. The highest BCUT2D eigenvalue weighted by atomic mass is 35.5. The molecule has 3 aromatic heterocycles. The summed E-state index contributed by atoms with van der Waals surface area (Å²) in [5, 5.41) is 17.5. The van der Waals surface area contributed by atoms with E-state index in [1.54, 1.807) is 17.6 Å². The van der Waals surface area contributed by atoms with Gasteiger partial charge < -0.3 is 29.5 Å². The van der Waals surface area contributed by atoms with Crippen molar-refractivity contribution in [3.8, 4) is 22.9 Å². The molecule has 1 fully saturated rings. The first kappa shape index (κ1) is 35.3. The van der Waals surface area contributed by atoms with Crippen LogP contribution in [0.2, 0.25) is 5.02 Å². The summed E-state index contributed by atoms with van der Waals surface area (Å²) in [6.45, 7) is 4.43. The molecule has 2 N–H and O–H groups in total. The maximum Gasteiger partial charge on any atom is 0.416 e. The predicted octanol–water partition coefficient (Wildman–Crippen LogP) is 4.23. The molecule has 0 unspecified atom stereocenters. The minimum absolute atomic E-state index is 0.0949. The zero-order chi connectivity index (χ0) is 38.1. The molecule has 2 aliphatic heterocycles. The third kappa shape index (κ3) is 5.95. The molecule has 1 saturated heterocycles. The van der Waals surface area contributed by atoms with Gasteiger partial charge in [0, 0.05) is 38.2 Å². The quantitative estimate of drug-likeness (QED) is 0.246. The Morgan fingerprint density at radius 2 is 1.81 bits per heavy atom. The SMILES string of the molecule is CCc1c(N2CCN(C(=O)c3ncnc(C)c3O)CC2)c(=O)n2nc(-c3ccc4c(c3)CCO4)nc2n1CC(=O)Nc1c(Cl)cc(C(F)(F)F)c2c1CC2. The molecule has 18 heteroatoms. The van der Waals surface area contributed by atoms with Crippen LogP contribution in [0.5, 0.6) is 11.5 Å². The van der Waals surface area contributed by atoms with Gasteiger partial charge in [0.15, 0.2) is 17.3 Å². The van der Waals surface area contributed by atoms with Crippen molar-refractivity contribution < 1.29 is 32.6 Å². The van der Waals surface area contributed by atoms with E-state index in [9.17, 15) is 32.7 Å². The van der Waals surface area contributed by atoms with E-state index in [2.05, 4.69) is 20.4 Å². The summed E-state index contributed by atoms with van der Waals surface area (Å²) in [5.74, 6) is -0.262. The molecule has 8 rings (SSSR count). The molecule has 0 spiro atoms. The van der Waals surface area contributed by atoms with Gasteiger partial charge in [-0.15, -0.1) is 5.10 Å². The van der Waals surface area contributed by atoms with Crippen molar-refractivity contribution in [1.82, 2.24) is 34.0 Å². The predicted molar refractivity (Wildman–Crippen MR) is 190 cm³/mol. The van der Waals surface area contributed by atoms with Crippen molar-refractivity contribution in [1.29, 1.82) is 0 Å². The highest BCUT2D eigenvalue weighted by Crippen LogP contribution is 2.44. The van der Waals surface area contributed by atoms with Crippen molar-refractivity contribution in [2.75, 3.05) is 43.0 Å². The molecule has 1 aliphatic carbocycles. The topological polar surface area (TPSA) is 160 Å². The molecule has 54 heavy (non-hydrogen) atoms. The number of rotatable bonds is 7. The number of fused-ring (bicyclic) bond motifs is 3. The van der Waals surface area contributed by atoms with Crippen LogP contribution >= 0.6 is 11.6 Å². The smallest absolute Gasteiger partial charge is 0.416 e. The van der Waals surface area contributed by atoms with Crippen LogP contribution in [0.25, 0.3) is 17.2 Å². The van der Waals surface area contributed by atoms with Crippen LogP contribution in [-0.2, 0) is 43.2 Å². The lowest BCUT2D eigenvalue weighted by atomic mass is 9.83. The van der Waals surface area contributed by atoms with Gasteiger partial charge in [0.05, 0.1) is 34.3 Å². The first-order valence-corrected chi connectivity index (χ1v) is 17.8. The number of carbonyl (C=O) groups excluding carboxylic acids is 2. The molecule has 14 nitrogen and oxygen atoms in total. The monoisotopic (exact) mass is 763 g/mol. The van der Waals surface area contributed by atoms with Gasteiger partial charge in [0.1, 0.15) is 24.3 Å². The zero-order valence-corrected chi connectivity index (χ0v) is 29.9. The largest absolute Gasteiger partial charge is 0.504 e. The first-order chi connectivity index (χ1) is 25.8. The lowest BCUT2D eigenvalue weighted by Crippen LogP contribution is -2.51. The Morgan fingerprint density at radius 1 is 1.06 bits per heavy atom. The van der Waals surface area contributed by atoms with E-state index < -0.39 is 29.1 Å². The third-order valence-electron chi connectivity index (χ3n) is 10.2. The molecular weight excluding hydrogens is 731 g/mol. The number of aromatic hydroxyl groups is 1. The van der Waals surface area contributed by atoms with Gasteiger partial charge in [-0.25, -0.2) is 9.97 Å². The normalized spacial score (nSPS) is 15.1. The fourth-order valence-corrected chi connectivity index (χ4v) is 7.64. The van der Waals surface area contributed by atoms with Gasteiger partial charge in [-0.05, 0) is 67.1 Å². The van der Waals surface area contributed by atoms with E-state index in [0.717, 1.165) is 21.9 Å². The summed E-state index contributed by atoms with van der Waals surface area (Å²) in [5.41, 5.74) is 1.79. The minimum atomic E-state index is -4.59. The molecule has 2 amide bonds. The molecule has 2 aromatic carbocycles. The average molecular weight is 764 g/mol. The van der Waals surface area contributed by atoms with E-state index in [1.165, 1.54) is 11.2 Å². The van der Waals surface area contributed by atoms with E-state index in [0.29, 0.717) is 36.3 Å². The number of benzene rings is 2. The summed E-state index contributed by atoms with van der Waals surface area (Å²) < 4.78 is 49.5. The second-order valence-corrected chi connectivity index (χ2v) is 13.7. The number of nitrogens with one attached hydrogen (secondary N) is 1. The summed E-state index contributed by atoms with van der Waals surface area (Å²) in [4.78, 5) is 57.5. The number of alkyl halides is 3. The Balaban J connectivity index is 1.16. The van der Waals surface area contributed by atoms with Crippen molar-refractivity contribution in [2.45, 2.75) is 52.3 Å². The zero-order valence-electron chi connectivity index (χ0n) is 29.1. The number of amides is 2. The molecule has 0 radical (unpaired) electrons. The van der Waals surface area contributed by atoms with E-state index in [4.69, 9.17) is 21.3 Å².